The summed E-state index contributed by atoms with van der Waals surface area (Å²) >= 11 is 0. The van der Waals surface area contributed by atoms with Crippen molar-refractivity contribution in [3.8, 4) is 5.75 Å². The Labute approximate surface area is 207 Å². The maximum atomic E-state index is 13.2. The van der Waals surface area contributed by atoms with Gasteiger partial charge in [-0.25, -0.2) is 9.78 Å². The van der Waals surface area contributed by atoms with E-state index in [9.17, 15) is 32.7 Å². The number of benzene rings is 2. The highest BCUT2D eigenvalue weighted by Gasteiger charge is 2.31. The van der Waals surface area contributed by atoms with Gasteiger partial charge in [0.05, 0.1) is 22.1 Å². The largest absolute Gasteiger partial charge is 0.487 e. The minimum Gasteiger partial charge on any atom is -0.487 e. The van der Waals surface area contributed by atoms with Crippen LogP contribution in [0.15, 0.2) is 60.8 Å². The number of nitrogens with zero attached hydrogens (tertiary/aromatic N) is 2. The van der Waals surface area contributed by atoms with Gasteiger partial charge >= 0.3 is 18.1 Å². The van der Waals surface area contributed by atoms with E-state index in [0.717, 1.165) is 12.1 Å². The minimum absolute atomic E-state index is 0.0679. The number of aliphatic carboxylic acids is 2. The number of carboxylic acids is 2. The Bertz CT molecular complexity index is 1480. The van der Waals surface area contributed by atoms with Crippen LogP contribution in [0.3, 0.4) is 0 Å². The number of hydrogen-bond donors (Lipinski definition) is 3. The Morgan fingerprint density at radius 2 is 1.76 bits per heavy atom. The summed E-state index contributed by atoms with van der Waals surface area (Å²) in [5.41, 5.74) is 1.04. The van der Waals surface area contributed by atoms with Crippen molar-refractivity contribution in [2.45, 2.75) is 31.7 Å². The third-order valence-corrected chi connectivity index (χ3v) is 5.60. The number of rotatable bonds is 9. The Kier molecular flexibility index (Phi) is 7.00. The van der Waals surface area contributed by atoms with E-state index in [-0.39, 0.29) is 24.1 Å². The molecule has 2 aromatic carbocycles. The summed E-state index contributed by atoms with van der Waals surface area (Å²) in [5.74, 6) is -2.89. The molecule has 4 aromatic rings. The molecule has 0 saturated heterocycles. The molecule has 37 heavy (non-hydrogen) atoms. The van der Waals surface area contributed by atoms with Crippen LogP contribution in [0.25, 0.3) is 16.6 Å². The van der Waals surface area contributed by atoms with Crippen LogP contribution >= 0.6 is 0 Å². The first-order chi connectivity index (χ1) is 17.5. The van der Waals surface area contributed by atoms with Gasteiger partial charge in [0.1, 0.15) is 24.1 Å². The number of fused-ring (bicyclic) bond motifs is 3. The summed E-state index contributed by atoms with van der Waals surface area (Å²) in [7, 11) is 0. The molecular formula is C25H20F3N3O6. The Morgan fingerprint density at radius 3 is 2.41 bits per heavy atom. The summed E-state index contributed by atoms with van der Waals surface area (Å²) < 4.78 is 47.0. The van der Waals surface area contributed by atoms with Gasteiger partial charge in [-0.1, -0.05) is 0 Å². The van der Waals surface area contributed by atoms with Gasteiger partial charge in [-0.3, -0.25) is 9.59 Å². The quantitative estimate of drug-likeness (QED) is 0.306. The van der Waals surface area contributed by atoms with Gasteiger partial charge in [-0.15, -0.1) is 0 Å². The van der Waals surface area contributed by atoms with Gasteiger partial charge in [0.25, 0.3) is 5.91 Å². The van der Waals surface area contributed by atoms with E-state index >= 15 is 0 Å². The zero-order valence-electron chi connectivity index (χ0n) is 19.0. The summed E-state index contributed by atoms with van der Waals surface area (Å²) in [6.07, 6.45) is -3.48. The standard InChI is InChI=1S/C25H20F3N3O6/c26-25(27,28)15-5-9-21-18(12-15)29-19(20-2-1-11-31(20)21)13-37-16-6-3-14(4-7-16)23(34)30-17(24(35)36)8-10-22(32)33/h1-7,9,11-12,17H,8,10,13H2,(H,30,34)(H,32,33)(H,35,36). The van der Waals surface area contributed by atoms with Crippen molar-refractivity contribution >= 4 is 34.4 Å². The van der Waals surface area contributed by atoms with Gasteiger partial charge in [0, 0.05) is 18.2 Å². The van der Waals surface area contributed by atoms with E-state index in [1.807, 2.05) is 0 Å². The van der Waals surface area contributed by atoms with Crippen LogP contribution in [0.1, 0.15) is 34.5 Å². The average molecular weight is 515 g/mol. The summed E-state index contributed by atoms with van der Waals surface area (Å²) in [4.78, 5) is 38.7. The number of ether oxygens (including phenoxy) is 1. The molecule has 3 N–H and O–H groups in total. The average Bonchev–Trinajstić information content (AvgIpc) is 3.34. The molecule has 9 nitrogen and oxygen atoms in total. The van der Waals surface area contributed by atoms with Gasteiger partial charge < -0.3 is 24.7 Å². The lowest BCUT2D eigenvalue weighted by Gasteiger charge is -2.14. The predicted octanol–water partition coefficient (Wildman–Crippen LogP) is 4.13. The first-order valence-electron chi connectivity index (χ1n) is 11.0. The van der Waals surface area contributed by atoms with Crippen LogP contribution in [0.4, 0.5) is 13.2 Å². The number of carboxylic acid groups (broad SMARTS) is 2. The van der Waals surface area contributed by atoms with Crippen molar-refractivity contribution in [1.82, 2.24) is 14.7 Å². The van der Waals surface area contributed by atoms with Crippen molar-refractivity contribution < 1.29 is 42.5 Å². The van der Waals surface area contributed by atoms with Crippen LogP contribution in [0.5, 0.6) is 5.75 Å². The molecule has 2 heterocycles. The highest BCUT2D eigenvalue weighted by Crippen LogP contribution is 2.31. The number of halogens is 3. The van der Waals surface area contributed by atoms with E-state index in [2.05, 4.69) is 10.3 Å². The lowest BCUT2D eigenvalue weighted by Crippen LogP contribution is -2.41. The van der Waals surface area contributed by atoms with Crippen molar-refractivity contribution in [1.29, 1.82) is 0 Å². The third-order valence-electron chi connectivity index (χ3n) is 5.60. The molecule has 4 rings (SSSR count). The number of aromatic nitrogens is 2. The molecule has 0 aliphatic carbocycles. The van der Waals surface area contributed by atoms with Crippen LogP contribution in [-0.2, 0) is 22.4 Å². The van der Waals surface area contributed by atoms with Gasteiger partial charge in [-0.2, -0.15) is 13.2 Å². The lowest BCUT2D eigenvalue weighted by atomic mass is 10.1. The molecule has 2 aromatic heterocycles. The molecule has 0 saturated carbocycles. The second-order valence-electron chi connectivity index (χ2n) is 8.13. The first kappa shape index (κ1) is 25.5. The van der Waals surface area contributed by atoms with Crippen molar-refractivity contribution in [3.05, 3.63) is 77.6 Å². The number of alkyl halides is 3. The fraction of sp³-hybridized carbons (Fsp3) is 0.200. The molecule has 1 amide bonds. The van der Waals surface area contributed by atoms with Gasteiger partial charge in [0.15, 0.2) is 0 Å². The number of hydrogen-bond acceptors (Lipinski definition) is 5. The van der Waals surface area contributed by atoms with E-state index in [1.54, 1.807) is 22.7 Å². The molecular weight excluding hydrogens is 495 g/mol. The fourth-order valence-corrected chi connectivity index (χ4v) is 3.75. The smallest absolute Gasteiger partial charge is 0.416 e. The molecule has 0 radical (unpaired) electrons. The molecule has 12 heteroatoms. The molecule has 192 valence electrons. The predicted molar refractivity (Wildman–Crippen MR) is 124 cm³/mol. The molecule has 0 aliphatic heterocycles. The van der Waals surface area contributed by atoms with E-state index in [0.29, 0.717) is 22.5 Å². The number of carbonyl (C=O) groups excluding carboxylic acids is 1. The second-order valence-corrected chi connectivity index (χ2v) is 8.13. The molecule has 1 atom stereocenters. The van der Waals surface area contributed by atoms with E-state index in [1.165, 1.54) is 30.3 Å². The number of carbonyl (C=O) groups is 3. The Balaban J connectivity index is 1.49. The molecule has 0 aliphatic rings. The molecule has 0 bridgehead atoms. The lowest BCUT2D eigenvalue weighted by molar-refractivity contribution is -0.141. The van der Waals surface area contributed by atoms with Crippen LogP contribution < -0.4 is 10.1 Å². The van der Waals surface area contributed by atoms with Crippen LogP contribution in [0, 0.1) is 0 Å². The highest BCUT2D eigenvalue weighted by molar-refractivity contribution is 5.96. The van der Waals surface area contributed by atoms with Gasteiger partial charge in [-0.05, 0) is 61.0 Å². The van der Waals surface area contributed by atoms with Crippen molar-refractivity contribution in [2.24, 2.45) is 0 Å². The highest BCUT2D eigenvalue weighted by atomic mass is 19.4. The summed E-state index contributed by atoms with van der Waals surface area (Å²) in [6.45, 7) is -0.0679. The number of nitrogens with one attached hydrogen (secondary N) is 1. The normalized spacial score (nSPS) is 12.4. The summed E-state index contributed by atoms with van der Waals surface area (Å²) in [6, 6.07) is 11.2. The fourth-order valence-electron chi connectivity index (χ4n) is 3.75. The maximum absolute atomic E-state index is 13.2. The molecule has 1 unspecified atom stereocenters. The summed E-state index contributed by atoms with van der Waals surface area (Å²) in [5, 5.41) is 20.2. The zero-order valence-corrected chi connectivity index (χ0v) is 19.0. The Morgan fingerprint density at radius 1 is 1.03 bits per heavy atom. The Hall–Kier alpha value is -4.61. The van der Waals surface area contributed by atoms with Crippen molar-refractivity contribution in [3.63, 3.8) is 0 Å². The first-order valence-corrected chi connectivity index (χ1v) is 11.0. The van der Waals surface area contributed by atoms with Gasteiger partial charge in [0.2, 0.25) is 0 Å². The zero-order chi connectivity index (χ0) is 26.7. The van der Waals surface area contributed by atoms with E-state index < -0.39 is 42.0 Å². The molecule has 0 spiro atoms. The monoisotopic (exact) mass is 515 g/mol. The van der Waals surface area contributed by atoms with E-state index in [4.69, 9.17) is 9.84 Å². The van der Waals surface area contributed by atoms with Crippen LogP contribution in [-0.4, -0.2) is 43.5 Å². The SMILES string of the molecule is O=C(O)CCC(NC(=O)c1ccc(OCc2nc3cc(C(F)(F)F)ccc3n3cccc23)cc1)C(=O)O. The third kappa shape index (κ3) is 5.80. The molecule has 0 fully saturated rings. The second kappa shape index (κ2) is 10.2. The topological polar surface area (TPSA) is 130 Å². The maximum Gasteiger partial charge on any atom is 0.416 e. The minimum atomic E-state index is -4.51. The van der Waals surface area contributed by atoms with Crippen LogP contribution in [0.2, 0.25) is 0 Å². The van der Waals surface area contributed by atoms with Crippen molar-refractivity contribution in [2.75, 3.05) is 0 Å². The number of amides is 1.